The zero-order valence-corrected chi connectivity index (χ0v) is 18.0. The lowest BCUT2D eigenvalue weighted by atomic mass is 10.2. The lowest BCUT2D eigenvalue weighted by Gasteiger charge is -2.10. The Labute approximate surface area is 180 Å². The highest BCUT2D eigenvalue weighted by Crippen LogP contribution is 2.25. The Morgan fingerprint density at radius 3 is 2.62 bits per heavy atom. The van der Waals surface area contributed by atoms with Crippen molar-refractivity contribution in [3.8, 4) is 0 Å². The molecule has 0 spiro atoms. The van der Waals surface area contributed by atoms with E-state index < -0.39 is 0 Å². The van der Waals surface area contributed by atoms with Crippen LogP contribution in [-0.4, -0.2) is 28.5 Å². The van der Waals surface area contributed by atoms with Crippen molar-refractivity contribution in [1.29, 1.82) is 0 Å². The summed E-state index contributed by atoms with van der Waals surface area (Å²) in [6.45, 7) is 1.97. The summed E-state index contributed by atoms with van der Waals surface area (Å²) in [6, 6.07) is 14.6. The number of amides is 2. The van der Waals surface area contributed by atoms with Crippen molar-refractivity contribution in [2.24, 2.45) is 0 Å². The first-order valence-corrected chi connectivity index (χ1v) is 10.6. The highest BCUT2D eigenvalue weighted by Gasteiger charge is 2.13. The third-order valence-electron chi connectivity index (χ3n) is 3.82. The molecule has 0 radical (unpaired) electrons. The molecule has 0 saturated carbocycles. The van der Waals surface area contributed by atoms with Gasteiger partial charge in [-0.15, -0.1) is 11.8 Å². The minimum absolute atomic E-state index is 0.164. The van der Waals surface area contributed by atoms with E-state index in [4.69, 9.17) is 4.52 Å². The standard InChI is InChI=1S/C20H19BrN4O3S/c1-13-23-18(25-28-13)12-29-17-5-3-2-4-16(17)20(27)22-11-10-19(26)24-15-8-6-14(21)7-9-15/h2-9H,10-12H2,1H3,(H,22,27)(H,24,26). The number of aryl methyl sites for hydroxylation is 1. The van der Waals surface area contributed by atoms with Crippen molar-refractivity contribution in [2.45, 2.75) is 24.0 Å². The summed E-state index contributed by atoms with van der Waals surface area (Å²) >= 11 is 4.80. The molecule has 150 valence electrons. The molecule has 2 aromatic carbocycles. The number of thioether (sulfide) groups is 1. The molecule has 1 aromatic heterocycles. The second-order valence-electron chi connectivity index (χ2n) is 6.08. The van der Waals surface area contributed by atoms with Gasteiger partial charge in [0, 0.05) is 34.9 Å². The number of aromatic nitrogens is 2. The van der Waals surface area contributed by atoms with Crippen molar-refractivity contribution in [3.63, 3.8) is 0 Å². The quantitative estimate of drug-likeness (QED) is 0.475. The molecule has 3 rings (SSSR count). The molecule has 0 atom stereocenters. The van der Waals surface area contributed by atoms with Gasteiger partial charge in [0.15, 0.2) is 5.82 Å². The van der Waals surface area contributed by atoms with Gasteiger partial charge in [-0.05, 0) is 36.4 Å². The summed E-state index contributed by atoms with van der Waals surface area (Å²) in [6.07, 6.45) is 0.180. The van der Waals surface area contributed by atoms with Crippen LogP contribution in [0.4, 0.5) is 5.69 Å². The monoisotopic (exact) mass is 474 g/mol. The molecule has 0 aliphatic rings. The number of hydrogen-bond acceptors (Lipinski definition) is 6. The van der Waals surface area contributed by atoms with Gasteiger partial charge >= 0.3 is 0 Å². The third-order valence-corrected chi connectivity index (χ3v) is 5.42. The van der Waals surface area contributed by atoms with Crippen molar-refractivity contribution in [2.75, 3.05) is 11.9 Å². The van der Waals surface area contributed by atoms with Crippen LogP contribution in [0.5, 0.6) is 0 Å². The number of nitrogens with one attached hydrogen (secondary N) is 2. The molecule has 0 aliphatic carbocycles. The zero-order chi connectivity index (χ0) is 20.6. The second kappa shape index (κ2) is 10.2. The number of benzene rings is 2. The molecule has 0 saturated heterocycles. The Morgan fingerprint density at radius 1 is 1.14 bits per heavy atom. The van der Waals surface area contributed by atoms with Gasteiger partial charge in [0.25, 0.3) is 5.91 Å². The van der Waals surface area contributed by atoms with E-state index >= 15 is 0 Å². The maximum Gasteiger partial charge on any atom is 0.252 e. The van der Waals surface area contributed by atoms with Crippen LogP contribution in [0.2, 0.25) is 0 Å². The van der Waals surface area contributed by atoms with E-state index in [1.165, 1.54) is 11.8 Å². The first-order chi connectivity index (χ1) is 14.0. The Kier molecular flexibility index (Phi) is 7.42. The van der Waals surface area contributed by atoms with Crippen molar-refractivity contribution in [3.05, 3.63) is 70.3 Å². The Hall–Kier alpha value is -2.65. The van der Waals surface area contributed by atoms with Crippen LogP contribution in [-0.2, 0) is 10.5 Å². The Morgan fingerprint density at radius 2 is 1.90 bits per heavy atom. The highest BCUT2D eigenvalue weighted by molar-refractivity contribution is 9.10. The van der Waals surface area contributed by atoms with Gasteiger partial charge in [0.1, 0.15) is 0 Å². The Balaban J connectivity index is 1.50. The summed E-state index contributed by atoms with van der Waals surface area (Å²) < 4.78 is 5.90. The molecular weight excluding hydrogens is 456 g/mol. The number of carbonyl (C=O) groups is 2. The third kappa shape index (κ3) is 6.43. The number of carbonyl (C=O) groups excluding carboxylic acids is 2. The van der Waals surface area contributed by atoms with Crippen LogP contribution in [0.15, 0.2) is 62.4 Å². The van der Waals surface area contributed by atoms with Crippen molar-refractivity contribution >= 4 is 45.2 Å². The summed E-state index contributed by atoms with van der Waals surface area (Å²) in [5.41, 5.74) is 1.26. The van der Waals surface area contributed by atoms with Crippen LogP contribution in [0.1, 0.15) is 28.5 Å². The summed E-state index contributed by atoms with van der Waals surface area (Å²) in [5.74, 6) is 1.19. The molecule has 7 nitrogen and oxygen atoms in total. The van der Waals surface area contributed by atoms with E-state index in [0.717, 1.165) is 9.37 Å². The topological polar surface area (TPSA) is 97.1 Å². The summed E-state index contributed by atoms with van der Waals surface area (Å²) in [7, 11) is 0. The van der Waals surface area contributed by atoms with Gasteiger partial charge in [-0.2, -0.15) is 4.98 Å². The Bertz CT molecular complexity index is 991. The van der Waals surface area contributed by atoms with E-state index in [2.05, 4.69) is 36.7 Å². The predicted molar refractivity (Wildman–Crippen MR) is 115 cm³/mol. The fraction of sp³-hybridized carbons (Fsp3) is 0.200. The molecule has 2 N–H and O–H groups in total. The molecule has 0 unspecified atom stereocenters. The zero-order valence-electron chi connectivity index (χ0n) is 15.6. The van der Waals surface area contributed by atoms with Gasteiger partial charge < -0.3 is 15.2 Å². The van der Waals surface area contributed by atoms with E-state index in [0.29, 0.717) is 28.7 Å². The molecule has 0 fully saturated rings. The molecule has 2 amide bonds. The highest BCUT2D eigenvalue weighted by atomic mass is 79.9. The number of nitrogens with zero attached hydrogens (tertiary/aromatic N) is 2. The summed E-state index contributed by atoms with van der Waals surface area (Å²) in [5, 5.41) is 9.45. The van der Waals surface area contributed by atoms with E-state index in [1.807, 2.05) is 24.3 Å². The minimum Gasteiger partial charge on any atom is -0.351 e. The smallest absolute Gasteiger partial charge is 0.252 e. The molecule has 0 aliphatic heterocycles. The maximum atomic E-state index is 12.5. The SMILES string of the molecule is Cc1nc(CSc2ccccc2C(=O)NCCC(=O)Nc2ccc(Br)cc2)no1. The molecule has 0 bridgehead atoms. The fourth-order valence-corrected chi connectivity index (χ4v) is 3.62. The van der Waals surface area contributed by atoms with Gasteiger partial charge in [0.05, 0.1) is 11.3 Å². The minimum atomic E-state index is -0.228. The second-order valence-corrected chi connectivity index (χ2v) is 8.01. The molecule has 3 aromatic rings. The van der Waals surface area contributed by atoms with E-state index in [9.17, 15) is 9.59 Å². The van der Waals surface area contributed by atoms with E-state index in [-0.39, 0.29) is 24.8 Å². The maximum absolute atomic E-state index is 12.5. The molecule has 9 heteroatoms. The number of anilines is 1. The lowest BCUT2D eigenvalue weighted by Crippen LogP contribution is -2.28. The molecule has 29 heavy (non-hydrogen) atoms. The summed E-state index contributed by atoms with van der Waals surface area (Å²) in [4.78, 5) is 29.6. The molecule has 1 heterocycles. The van der Waals surface area contributed by atoms with Gasteiger partial charge in [0.2, 0.25) is 11.8 Å². The van der Waals surface area contributed by atoms with Crippen LogP contribution in [0.3, 0.4) is 0 Å². The van der Waals surface area contributed by atoms with Crippen LogP contribution < -0.4 is 10.6 Å². The molecular formula is C20H19BrN4O3S. The first kappa shape index (κ1) is 21.1. The lowest BCUT2D eigenvalue weighted by molar-refractivity contribution is -0.116. The average molecular weight is 475 g/mol. The number of hydrogen-bond donors (Lipinski definition) is 2. The van der Waals surface area contributed by atoms with Crippen LogP contribution in [0, 0.1) is 6.92 Å². The normalized spacial score (nSPS) is 10.6. The predicted octanol–water partition coefficient (Wildman–Crippen LogP) is 4.19. The van der Waals surface area contributed by atoms with Crippen molar-refractivity contribution < 1.29 is 14.1 Å². The van der Waals surface area contributed by atoms with E-state index in [1.54, 1.807) is 31.2 Å². The van der Waals surface area contributed by atoms with Crippen LogP contribution >= 0.6 is 27.7 Å². The van der Waals surface area contributed by atoms with Crippen LogP contribution in [0.25, 0.3) is 0 Å². The number of rotatable bonds is 8. The number of halogens is 1. The van der Waals surface area contributed by atoms with Gasteiger partial charge in [-0.1, -0.05) is 33.2 Å². The average Bonchev–Trinajstić information content (AvgIpc) is 3.13. The van der Waals surface area contributed by atoms with Crippen molar-refractivity contribution in [1.82, 2.24) is 15.5 Å². The first-order valence-electron chi connectivity index (χ1n) is 8.86. The van der Waals surface area contributed by atoms with Gasteiger partial charge in [-0.3, -0.25) is 9.59 Å². The fourth-order valence-electron chi connectivity index (χ4n) is 2.46. The largest absolute Gasteiger partial charge is 0.351 e. The van der Waals surface area contributed by atoms with Gasteiger partial charge in [-0.25, -0.2) is 0 Å².